The Labute approximate surface area is 118 Å². The first kappa shape index (κ1) is 14.2. The molecule has 6 nitrogen and oxygen atoms in total. The van der Waals surface area contributed by atoms with E-state index in [1.54, 1.807) is 27.7 Å². The second-order valence-electron chi connectivity index (χ2n) is 4.26. The van der Waals surface area contributed by atoms with Crippen LogP contribution in [0.25, 0.3) is 11.4 Å². The zero-order chi connectivity index (χ0) is 14.5. The van der Waals surface area contributed by atoms with E-state index in [9.17, 15) is 0 Å². The Kier molecular flexibility index (Phi) is 4.45. The standard InChI is InChI=1S/C14H19N3O3/c1-5-6-17-9-15-16-14(17)10-7-11(18-2)13(20-4)12(8-10)19-3/h7-9H,5-6H2,1-4H3. The van der Waals surface area contributed by atoms with Crippen molar-refractivity contribution in [2.75, 3.05) is 21.3 Å². The number of aromatic nitrogens is 3. The van der Waals surface area contributed by atoms with E-state index < -0.39 is 0 Å². The van der Waals surface area contributed by atoms with Crippen molar-refractivity contribution in [1.29, 1.82) is 0 Å². The van der Waals surface area contributed by atoms with E-state index in [0.29, 0.717) is 17.2 Å². The Morgan fingerprint density at radius 3 is 2.20 bits per heavy atom. The zero-order valence-corrected chi connectivity index (χ0v) is 12.2. The average molecular weight is 277 g/mol. The van der Waals surface area contributed by atoms with Crippen LogP contribution in [0.5, 0.6) is 17.2 Å². The molecule has 0 bridgehead atoms. The van der Waals surface area contributed by atoms with E-state index in [2.05, 4.69) is 17.1 Å². The molecule has 0 saturated heterocycles. The fraction of sp³-hybridized carbons (Fsp3) is 0.429. The Hall–Kier alpha value is -2.24. The molecular weight excluding hydrogens is 258 g/mol. The van der Waals surface area contributed by atoms with Crippen LogP contribution in [0.1, 0.15) is 13.3 Å². The Morgan fingerprint density at radius 1 is 1.05 bits per heavy atom. The molecule has 2 aromatic rings. The van der Waals surface area contributed by atoms with Gasteiger partial charge in [-0.25, -0.2) is 0 Å². The van der Waals surface area contributed by atoms with E-state index in [-0.39, 0.29) is 0 Å². The highest BCUT2D eigenvalue weighted by molar-refractivity contribution is 5.66. The Morgan fingerprint density at radius 2 is 1.70 bits per heavy atom. The minimum atomic E-state index is 0.570. The second-order valence-corrected chi connectivity index (χ2v) is 4.26. The molecule has 108 valence electrons. The molecule has 1 heterocycles. The quantitative estimate of drug-likeness (QED) is 0.811. The molecule has 0 aliphatic carbocycles. The summed E-state index contributed by atoms with van der Waals surface area (Å²) in [5, 5.41) is 8.14. The van der Waals surface area contributed by atoms with Crippen molar-refractivity contribution in [2.45, 2.75) is 19.9 Å². The minimum Gasteiger partial charge on any atom is -0.493 e. The number of nitrogens with zero attached hydrogens (tertiary/aromatic N) is 3. The molecule has 2 rings (SSSR count). The maximum absolute atomic E-state index is 5.35. The molecule has 0 saturated carbocycles. The predicted molar refractivity (Wildman–Crippen MR) is 75.4 cm³/mol. The Balaban J connectivity index is 2.54. The van der Waals surface area contributed by atoms with Crippen molar-refractivity contribution in [3.63, 3.8) is 0 Å². The number of benzene rings is 1. The number of methoxy groups -OCH3 is 3. The summed E-state index contributed by atoms with van der Waals surface area (Å²) in [6, 6.07) is 3.75. The SMILES string of the molecule is CCCn1cnnc1-c1cc(OC)c(OC)c(OC)c1. The third kappa shape index (κ3) is 2.54. The van der Waals surface area contributed by atoms with Crippen LogP contribution in [0.2, 0.25) is 0 Å². The van der Waals surface area contributed by atoms with E-state index in [0.717, 1.165) is 24.4 Å². The van der Waals surface area contributed by atoms with Crippen LogP contribution < -0.4 is 14.2 Å². The molecule has 0 spiro atoms. The number of rotatable bonds is 6. The fourth-order valence-electron chi connectivity index (χ4n) is 2.09. The first-order valence-electron chi connectivity index (χ1n) is 6.43. The normalized spacial score (nSPS) is 10.4. The lowest BCUT2D eigenvalue weighted by atomic mass is 10.1. The highest BCUT2D eigenvalue weighted by atomic mass is 16.5. The molecule has 0 amide bonds. The van der Waals surface area contributed by atoms with Gasteiger partial charge < -0.3 is 18.8 Å². The van der Waals surface area contributed by atoms with Crippen LogP contribution in [0, 0.1) is 0 Å². The lowest BCUT2D eigenvalue weighted by Gasteiger charge is -2.14. The Bertz CT molecular complexity index is 556. The van der Waals surface area contributed by atoms with Crippen molar-refractivity contribution < 1.29 is 14.2 Å². The molecule has 0 fully saturated rings. The molecule has 0 radical (unpaired) electrons. The maximum Gasteiger partial charge on any atom is 0.203 e. The topological polar surface area (TPSA) is 58.4 Å². The summed E-state index contributed by atoms with van der Waals surface area (Å²) in [6.07, 6.45) is 2.73. The zero-order valence-electron chi connectivity index (χ0n) is 12.2. The summed E-state index contributed by atoms with van der Waals surface area (Å²) in [5.41, 5.74) is 0.880. The molecule has 0 N–H and O–H groups in total. The van der Waals surface area contributed by atoms with Crippen molar-refractivity contribution in [3.05, 3.63) is 18.5 Å². The largest absolute Gasteiger partial charge is 0.493 e. The van der Waals surface area contributed by atoms with Gasteiger partial charge in [-0.1, -0.05) is 6.92 Å². The molecule has 0 atom stereocenters. The summed E-state index contributed by atoms with van der Waals surface area (Å²) >= 11 is 0. The predicted octanol–water partition coefficient (Wildman–Crippen LogP) is 2.38. The third-order valence-electron chi connectivity index (χ3n) is 3.00. The number of hydrogen-bond acceptors (Lipinski definition) is 5. The van der Waals surface area contributed by atoms with Crippen LogP contribution >= 0.6 is 0 Å². The van der Waals surface area contributed by atoms with Gasteiger partial charge in [0.25, 0.3) is 0 Å². The fourth-order valence-corrected chi connectivity index (χ4v) is 2.09. The number of hydrogen-bond donors (Lipinski definition) is 0. The van der Waals surface area contributed by atoms with Crippen LogP contribution in [0.15, 0.2) is 18.5 Å². The van der Waals surface area contributed by atoms with Crippen LogP contribution in [0.4, 0.5) is 0 Å². The van der Waals surface area contributed by atoms with E-state index >= 15 is 0 Å². The van der Waals surface area contributed by atoms with E-state index in [4.69, 9.17) is 14.2 Å². The summed E-state index contributed by atoms with van der Waals surface area (Å²) in [7, 11) is 4.77. The highest BCUT2D eigenvalue weighted by Crippen LogP contribution is 2.40. The third-order valence-corrected chi connectivity index (χ3v) is 3.00. The average Bonchev–Trinajstić information content (AvgIpc) is 2.94. The van der Waals surface area contributed by atoms with Gasteiger partial charge >= 0.3 is 0 Å². The van der Waals surface area contributed by atoms with Crippen molar-refractivity contribution in [2.24, 2.45) is 0 Å². The molecule has 20 heavy (non-hydrogen) atoms. The van der Waals surface area contributed by atoms with Crippen LogP contribution in [0.3, 0.4) is 0 Å². The van der Waals surface area contributed by atoms with Gasteiger partial charge in [0.1, 0.15) is 6.33 Å². The summed E-state index contributed by atoms with van der Waals surface area (Å²) < 4.78 is 18.0. The summed E-state index contributed by atoms with van der Waals surface area (Å²) in [4.78, 5) is 0. The van der Waals surface area contributed by atoms with E-state index in [1.165, 1.54) is 0 Å². The van der Waals surface area contributed by atoms with Gasteiger partial charge in [0.2, 0.25) is 5.75 Å². The second kappa shape index (κ2) is 6.27. The number of ether oxygens (including phenoxy) is 3. The van der Waals surface area contributed by atoms with Gasteiger partial charge in [-0.15, -0.1) is 10.2 Å². The molecule has 1 aromatic heterocycles. The van der Waals surface area contributed by atoms with Crippen molar-refractivity contribution in [3.8, 4) is 28.6 Å². The van der Waals surface area contributed by atoms with Crippen LogP contribution in [-0.2, 0) is 6.54 Å². The van der Waals surface area contributed by atoms with Gasteiger partial charge in [0, 0.05) is 12.1 Å². The van der Waals surface area contributed by atoms with Gasteiger partial charge in [0.15, 0.2) is 17.3 Å². The molecule has 1 aromatic carbocycles. The van der Waals surface area contributed by atoms with Gasteiger partial charge in [0.05, 0.1) is 21.3 Å². The molecule has 0 aliphatic heterocycles. The first-order valence-corrected chi connectivity index (χ1v) is 6.43. The summed E-state index contributed by atoms with van der Waals surface area (Å²) in [6.45, 7) is 2.97. The van der Waals surface area contributed by atoms with Crippen molar-refractivity contribution in [1.82, 2.24) is 14.8 Å². The lowest BCUT2D eigenvalue weighted by molar-refractivity contribution is 0.324. The first-order chi connectivity index (χ1) is 9.74. The maximum atomic E-state index is 5.35. The molecule has 0 unspecified atom stereocenters. The summed E-state index contributed by atoms with van der Waals surface area (Å²) in [5.74, 6) is 2.56. The van der Waals surface area contributed by atoms with Gasteiger partial charge in [-0.2, -0.15) is 0 Å². The van der Waals surface area contributed by atoms with Crippen molar-refractivity contribution >= 4 is 0 Å². The minimum absolute atomic E-state index is 0.570. The molecule has 0 aliphatic rings. The molecular formula is C14H19N3O3. The highest BCUT2D eigenvalue weighted by Gasteiger charge is 2.16. The van der Waals surface area contributed by atoms with E-state index in [1.807, 2.05) is 16.7 Å². The van der Waals surface area contributed by atoms with Crippen LogP contribution in [-0.4, -0.2) is 36.1 Å². The monoisotopic (exact) mass is 277 g/mol. The van der Waals surface area contributed by atoms with Gasteiger partial charge in [-0.05, 0) is 18.6 Å². The lowest BCUT2D eigenvalue weighted by Crippen LogP contribution is -2.00. The molecule has 6 heteroatoms. The smallest absolute Gasteiger partial charge is 0.203 e. The van der Waals surface area contributed by atoms with Gasteiger partial charge in [-0.3, -0.25) is 0 Å². The number of aryl methyl sites for hydroxylation is 1.